The van der Waals surface area contributed by atoms with Gasteiger partial charge in [-0.05, 0) is 43.7 Å². The number of aryl methyl sites for hydroxylation is 1. The summed E-state index contributed by atoms with van der Waals surface area (Å²) in [5, 5.41) is 15.7. The molecule has 1 aliphatic rings. The highest BCUT2D eigenvalue weighted by atomic mass is 35.5. The summed E-state index contributed by atoms with van der Waals surface area (Å²) in [5.74, 6) is 0.308. The number of carbonyl (C=O) groups is 2. The highest BCUT2D eigenvalue weighted by Gasteiger charge is 2.23. The zero-order valence-electron chi connectivity index (χ0n) is 16.8. The minimum Gasteiger partial charge on any atom is -0.355 e. The van der Waals surface area contributed by atoms with E-state index in [9.17, 15) is 9.59 Å². The summed E-state index contributed by atoms with van der Waals surface area (Å²) in [7, 11) is 0. The number of aromatic nitrogens is 3. The lowest BCUT2D eigenvalue weighted by Crippen LogP contribution is -2.37. The van der Waals surface area contributed by atoms with Crippen molar-refractivity contribution >= 4 is 46.8 Å². The number of carbonyl (C=O) groups excluding carboxylic acids is 2. The van der Waals surface area contributed by atoms with Gasteiger partial charge in [0, 0.05) is 24.0 Å². The molecule has 0 saturated heterocycles. The van der Waals surface area contributed by atoms with Gasteiger partial charge in [0.05, 0.1) is 17.1 Å². The number of benzene rings is 1. The molecule has 2 N–H and O–H groups in total. The van der Waals surface area contributed by atoms with Gasteiger partial charge in [-0.3, -0.25) is 9.59 Å². The quantitative estimate of drug-likeness (QED) is 0.429. The third kappa shape index (κ3) is 5.89. The van der Waals surface area contributed by atoms with Crippen molar-refractivity contribution in [2.24, 2.45) is 0 Å². The fraction of sp³-hybridized carbons (Fsp3) is 0.500. The van der Waals surface area contributed by atoms with Crippen molar-refractivity contribution in [3.8, 4) is 0 Å². The number of amides is 2. The van der Waals surface area contributed by atoms with Crippen molar-refractivity contribution in [1.82, 2.24) is 25.4 Å². The van der Waals surface area contributed by atoms with Gasteiger partial charge in [0.1, 0.15) is 5.82 Å². The molecule has 1 saturated carbocycles. The van der Waals surface area contributed by atoms with E-state index < -0.39 is 5.91 Å². The van der Waals surface area contributed by atoms with Crippen molar-refractivity contribution in [3.05, 3.63) is 39.6 Å². The number of nitrogens with one attached hydrogen (secondary N) is 2. The summed E-state index contributed by atoms with van der Waals surface area (Å²) < 4.78 is 2.27. The Morgan fingerprint density at radius 1 is 1.20 bits per heavy atom. The molecule has 3 rings (SSSR count). The Bertz CT molecular complexity index is 899. The van der Waals surface area contributed by atoms with Gasteiger partial charge in [-0.1, -0.05) is 47.8 Å². The van der Waals surface area contributed by atoms with Crippen LogP contribution in [0.25, 0.3) is 0 Å². The van der Waals surface area contributed by atoms with Crippen LogP contribution in [0.5, 0.6) is 0 Å². The molecule has 0 radical (unpaired) electrons. The van der Waals surface area contributed by atoms with Crippen LogP contribution in [0, 0.1) is 0 Å². The second-order valence-electron chi connectivity index (χ2n) is 7.17. The standard InChI is InChI=1S/C20H25Cl2N5O2S/c1-30-20-26-25-17(27(20)14-5-2-3-6-14)7-4-10-23-18(28)12-24-19(29)15-9-8-13(21)11-16(15)22/h8-9,11,14H,2-7,10,12H2,1H3,(H,23,28)(H,24,29). The molecule has 1 fully saturated rings. The van der Waals surface area contributed by atoms with Gasteiger partial charge < -0.3 is 15.2 Å². The first-order valence-corrected chi connectivity index (χ1v) is 12.0. The van der Waals surface area contributed by atoms with Crippen LogP contribution in [0.1, 0.15) is 54.3 Å². The molecule has 1 heterocycles. The van der Waals surface area contributed by atoms with Gasteiger partial charge in [0.25, 0.3) is 5.91 Å². The van der Waals surface area contributed by atoms with Gasteiger partial charge in [-0.15, -0.1) is 10.2 Å². The summed E-state index contributed by atoms with van der Waals surface area (Å²) >= 11 is 13.5. The minimum atomic E-state index is -0.416. The fourth-order valence-corrected chi connectivity index (χ4v) is 4.68. The van der Waals surface area contributed by atoms with Crippen molar-refractivity contribution in [1.29, 1.82) is 0 Å². The number of halogens is 2. The average Bonchev–Trinajstić information content (AvgIpc) is 3.38. The van der Waals surface area contributed by atoms with E-state index in [1.54, 1.807) is 17.8 Å². The second kappa shape index (κ2) is 11.0. The van der Waals surface area contributed by atoms with Crippen molar-refractivity contribution in [2.45, 2.75) is 49.7 Å². The van der Waals surface area contributed by atoms with Crippen molar-refractivity contribution in [3.63, 3.8) is 0 Å². The Morgan fingerprint density at radius 3 is 2.67 bits per heavy atom. The van der Waals surface area contributed by atoms with Gasteiger partial charge in [-0.25, -0.2) is 0 Å². The molecule has 2 aromatic rings. The predicted octanol–water partition coefficient (Wildman–Crippen LogP) is 3.90. The summed E-state index contributed by atoms with van der Waals surface area (Å²) in [6, 6.07) is 5.09. The molecule has 10 heteroatoms. The van der Waals surface area contributed by atoms with E-state index in [1.807, 2.05) is 6.26 Å². The summed E-state index contributed by atoms with van der Waals surface area (Å²) in [5.41, 5.74) is 0.282. The lowest BCUT2D eigenvalue weighted by molar-refractivity contribution is -0.120. The topological polar surface area (TPSA) is 88.9 Å². The summed E-state index contributed by atoms with van der Waals surface area (Å²) in [6.45, 7) is 0.384. The van der Waals surface area contributed by atoms with Crippen LogP contribution in [0.4, 0.5) is 0 Å². The molecule has 30 heavy (non-hydrogen) atoms. The predicted molar refractivity (Wildman–Crippen MR) is 119 cm³/mol. The lowest BCUT2D eigenvalue weighted by Gasteiger charge is -2.16. The maximum atomic E-state index is 12.2. The molecular formula is C20H25Cl2N5O2S. The monoisotopic (exact) mass is 469 g/mol. The van der Waals surface area contributed by atoms with Crippen molar-refractivity contribution < 1.29 is 9.59 Å². The van der Waals surface area contributed by atoms with E-state index in [2.05, 4.69) is 25.4 Å². The number of nitrogens with zero attached hydrogens (tertiary/aromatic N) is 3. The Hall–Kier alpha value is -1.77. The zero-order chi connectivity index (χ0) is 21.5. The average molecular weight is 470 g/mol. The molecular weight excluding hydrogens is 445 g/mol. The van der Waals surface area contributed by atoms with Crippen molar-refractivity contribution in [2.75, 3.05) is 19.3 Å². The number of hydrogen-bond acceptors (Lipinski definition) is 5. The van der Waals surface area contributed by atoms with Gasteiger partial charge in [-0.2, -0.15) is 0 Å². The SMILES string of the molecule is CSc1nnc(CCCNC(=O)CNC(=O)c2ccc(Cl)cc2Cl)n1C1CCCC1. The number of rotatable bonds is 9. The third-order valence-electron chi connectivity index (χ3n) is 5.09. The van der Waals surface area contributed by atoms with E-state index in [-0.39, 0.29) is 23.0 Å². The molecule has 0 bridgehead atoms. The molecule has 1 aliphatic carbocycles. The van der Waals surface area contributed by atoms with Crippen LogP contribution >= 0.6 is 35.0 Å². The molecule has 0 aliphatic heterocycles. The van der Waals surface area contributed by atoms with E-state index in [1.165, 1.54) is 37.8 Å². The van der Waals surface area contributed by atoms with Gasteiger partial charge >= 0.3 is 0 Å². The van der Waals surface area contributed by atoms with E-state index >= 15 is 0 Å². The Morgan fingerprint density at radius 2 is 1.97 bits per heavy atom. The maximum absolute atomic E-state index is 12.2. The smallest absolute Gasteiger partial charge is 0.253 e. The summed E-state index contributed by atoms with van der Waals surface area (Å²) in [4.78, 5) is 24.2. The normalized spacial score (nSPS) is 14.1. The van der Waals surface area contributed by atoms with Gasteiger partial charge in [0.15, 0.2) is 5.16 Å². The van der Waals surface area contributed by atoms with Crippen LogP contribution in [0.2, 0.25) is 10.0 Å². The van der Waals surface area contributed by atoms with Gasteiger partial charge in [0.2, 0.25) is 5.91 Å². The first-order valence-electron chi connectivity index (χ1n) is 9.97. The minimum absolute atomic E-state index is 0.118. The number of hydrogen-bond donors (Lipinski definition) is 2. The van der Waals surface area contributed by atoms with E-state index in [0.29, 0.717) is 17.6 Å². The van der Waals surface area contributed by atoms with Crippen LogP contribution in [0.3, 0.4) is 0 Å². The lowest BCUT2D eigenvalue weighted by atomic mass is 10.2. The molecule has 1 aromatic carbocycles. The third-order valence-corrected chi connectivity index (χ3v) is 6.28. The first-order chi connectivity index (χ1) is 14.5. The molecule has 162 valence electrons. The molecule has 2 amide bonds. The zero-order valence-corrected chi connectivity index (χ0v) is 19.1. The Balaban J connectivity index is 1.42. The van der Waals surface area contributed by atoms with Crippen LogP contribution in [0.15, 0.2) is 23.4 Å². The number of thioether (sulfide) groups is 1. The Labute approximate surface area is 190 Å². The first kappa shape index (κ1) is 22.9. The fourth-order valence-electron chi connectivity index (χ4n) is 3.61. The Kier molecular flexibility index (Phi) is 8.41. The largest absolute Gasteiger partial charge is 0.355 e. The van der Waals surface area contributed by atoms with Crippen LogP contribution < -0.4 is 10.6 Å². The summed E-state index contributed by atoms with van der Waals surface area (Å²) in [6.07, 6.45) is 8.36. The van der Waals surface area contributed by atoms with E-state index in [4.69, 9.17) is 23.2 Å². The molecule has 1 aromatic heterocycles. The molecule has 0 spiro atoms. The second-order valence-corrected chi connectivity index (χ2v) is 8.79. The van der Waals surface area contributed by atoms with E-state index in [0.717, 1.165) is 23.8 Å². The highest BCUT2D eigenvalue weighted by Crippen LogP contribution is 2.33. The molecule has 0 unspecified atom stereocenters. The van der Waals surface area contributed by atoms with Crippen LogP contribution in [-0.4, -0.2) is 45.9 Å². The highest BCUT2D eigenvalue weighted by molar-refractivity contribution is 7.98. The molecule has 0 atom stereocenters. The maximum Gasteiger partial charge on any atom is 0.253 e. The molecule has 7 nitrogen and oxygen atoms in total. The van der Waals surface area contributed by atoms with Crippen LogP contribution in [-0.2, 0) is 11.2 Å².